The average Bonchev–Trinajstić information content (AvgIpc) is 2.33. The molecule has 1 aromatic heterocycles. The quantitative estimate of drug-likeness (QED) is 0.694. The van der Waals surface area contributed by atoms with Crippen LogP contribution in [0.4, 0.5) is 0 Å². The molecular weight excluding hydrogens is 272 g/mol. The van der Waals surface area contributed by atoms with Crippen molar-refractivity contribution in [2.24, 2.45) is 5.41 Å². The maximum Gasteiger partial charge on any atom is 0.336 e. The number of aromatic hydroxyl groups is 1. The van der Waals surface area contributed by atoms with E-state index in [0.717, 1.165) is 0 Å². The second-order valence-electron chi connectivity index (χ2n) is 6.17. The lowest BCUT2D eigenvalue weighted by Crippen LogP contribution is -2.15. The van der Waals surface area contributed by atoms with Crippen molar-refractivity contribution in [3.8, 4) is 5.75 Å². The number of fused-ring (bicyclic) bond motifs is 1. The van der Waals surface area contributed by atoms with Crippen LogP contribution in [0.1, 0.15) is 32.8 Å². The fourth-order valence-corrected chi connectivity index (χ4v) is 1.98. The van der Waals surface area contributed by atoms with Gasteiger partial charge in [0.1, 0.15) is 17.9 Å². The van der Waals surface area contributed by atoms with E-state index in [0.29, 0.717) is 17.4 Å². The first-order valence-corrected chi connectivity index (χ1v) is 6.66. The van der Waals surface area contributed by atoms with Gasteiger partial charge in [-0.3, -0.25) is 4.79 Å². The van der Waals surface area contributed by atoms with Crippen molar-refractivity contribution in [3.63, 3.8) is 0 Å². The number of carbonyl (C=O) groups excluding carboxylic acids is 1. The Labute approximate surface area is 122 Å². The van der Waals surface area contributed by atoms with Crippen LogP contribution in [0.25, 0.3) is 11.0 Å². The summed E-state index contributed by atoms with van der Waals surface area (Å²) in [6.07, 6.45) is 0.299. The highest BCUT2D eigenvalue weighted by Crippen LogP contribution is 2.23. The third-order valence-electron chi connectivity index (χ3n) is 2.88. The van der Waals surface area contributed by atoms with Crippen molar-refractivity contribution in [2.75, 3.05) is 0 Å². The van der Waals surface area contributed by atoms with Gasteiger partial charge in [-0.2, -0.15) is 0 Å². The van der Waals surface area contributed by atoms with Gasteiger partial charge in [0, 0.05) is 23.1 Å². The van der Waals surface area contributed by atoms with E-state index >= 15 is 0 Å². The van der Waals surface area contributed by atoms with Gasteiger partial charge in [-0.05, 0) is 17.5 Å². The number of rotatable bonds is 3. The number of hydrogen-bond acceptors (Lipinski definition) is 5. The molecule has 0 unspecified atom stereocenters. The first-order valence-electron chi connectivity index (χ1n) is 6.66. The molecule has 0 spiro atoms. The minimum absolute atomic E-state index is 0.00177. The van der Waals surface area contributed by atoms with Gasteiger partial charge in [-0.1, -0.05) is 20.8 Å². The normalized spacial score (nSPS) is 11.6. The van der Waals surface area contributed by atoms with Crippen LogP contribution in [0.3, 0.4) is 0 Å². The molecule has 0 saturated heterocycles. The third kappa shape index (κ3) is 4.08. The van der Waals surface area contributed by atoms with E-state index in [4.69, 9.17) is 9.15 Å². The molecule has 0 aliphatic carbocycles. The fourth-order valence-electron chi connectivity index (χ4n) is 1.98. The van der Waals surface area contributed by atoms with Crippen LogP contribution in [-0.2, 0) is 16.1 Å². The highest BCUT2D eigenvalue weighted by molar-refractivity contribution is 5.81. The lowest BCUT2D eigenvalue weighted by molar-refractivity contribution is -0.147. The van der Waals surface area contributed by atoms with Gasteiger partial charge in [0.2, 0.25) is 0 Å². The van der Waals surface area contributed by atoms with Gasteiger partial charge in [0.25, 0.3) is 0 Å². The zero-order valence-electron chi connectivity index (χ0n) is 12.3. The van der Waals surface area contributed by atoms with Gasteiger partial charge in [-0.25, -0.2) is 4.79 Å². The molecule has 0 aliphatic rings. The summed E-state index contributed by atoms with van der Waals surface area (Å²) in [5.74, 6) is -0.310. The SMILES string of the molecule is CC(C)(C)CC(=O)OCc1cc(=O)oc2cc(O)ccc12. The minimum Gasteiger partial charge on any atom is -0.508 e. The Kier molecular flexibility index (Phi) is 4.02. The summed E-state index contributed by atoms with van der Waals surface area (Å²) in [4.78, 5) is 23.2. The first-order chi connectivity index (χ1) is 9.74. The fraction of sp³-hybridized carbons (Fsp3) is 0.375. The Bertz CT molecular complexity index is 722. The second kappa shape index (κ2) is 5.60. The molecule has 0 atom stereocenters. The maximum atomic E-state index is 11.7. The molecule has 1 aromatic carbocycles. The van der Waals surface area contributed by atoms with Gasteiger partial charge in [0.15, 0.2) is 0 Å². The molecule has 0 amide bonds. The van der Waals surface area contributed by atoms with E-state index in [1.807, 2.05) is 20.8 Å². The largest absolute Gasteiger partial charge is 0.508 e. The third-order valence-corrected chi connectivity index (χ3v) is 2.88. The lowest BCUT2D eigenvalue weighted by Gasteiger charge is -2.16. The Hall–Kier alpha value is -2.30. The molecule has 21 heavy (non-hydrogen) atoms. The number of ether oxygens (including phenoxy) is 1. The molecule has 112 valence electrons. The van der Waals surface area contributed by atoms with E-state index in [2.05, 4.69) is 0 Å². The van der Waals surface area contributed by atoms with Crippen LogP contribution in [-0.4, -0.2) is 11.1 Å². The Morgan fingerprint density at radius 1 is 1.29 bits per heavy atom. The summed E-state index contributed by atoms with van der Waals surface area (Å²) in [6.45, 7) is 5.85. The van der Waals surface area contributed by atoms with Crippen molar-refractivity contribution in [3.05, 3.63) is 40.2 Å². The number of carbonyl (C=O) groups is 1. The predicted molar refractivity (Wildman–Crippen MR) is 78.0 cm³/mol. The summed E-state index contributed by atoms with van der Waals surface area (Å²) >= 11 is 0. The molecular formula is C16H18O5. The van der Waals surface area contributed by atoms with E-state index in [9.17, 15) is 14.7 Å². The Morgan fingerprint density at radius 2 is 2.00 bits per heavy atom. The lowest BCUT2D eigenvalue weighted by atomic mass is 9.92. The molecule has 1 heterocycles. The summed E-state index contributed by atoms with van der Waals surface area (Å²) in [5, 5.41) is 10.0. The van der Waals surface area contributed by atoms with Crippen molar-refractivity contribution in [2.45, 2.75) is 33.8 Å². The van der Waals surface area contributed by atoms with Gasteiger partial charge < -0.3 is 14.3 Å². The van der Waals surface area contributed by atoms with Gasteiger partial charge >= 0.3 is 11.6 Å². The molecule has 0 saturated carbocycles. The maximum absolute atomic E-state index is 11.7. The standard InChI is InChI=1S/C16H18O5/c1-16(2,3)8-15(19)20-9-10-6-14(18)21-13-7-11(17)4-5-12(10)13/h4-7,17H,8-9H2,1-3H3. The zero-order valence-corrected chi connectivity index (χ0v) is 12.3. The number of esters is 1. The zero-order chi connectivity index (χ0) is 15.6. The molecule has 5 heteroatoms. The van der Waals surface area contributed by atoms with E-state index in [1.54, 1.807) is 6.07 Å². The minimum atomic E-state index is -0.546. The van der Waals surface area contributed by atoms with Crippen LogP contribution in [0, 0.1) is 5.41 Å². The summed E-state index contributed by atoms with van der Waals surface area (Å²) in [5.41, 5.74) is 0.128. The van der Waals surface area contributed by atoms with E-state index in [1.165, 1.54) is 18.2 Å². The molecule has 5 nitrogen and oxygen atoms in total. The molecule has 0 aliphatic heterocycles. The van der Waals surface area contributed by atoms with Crippen LogP contribution >= 0.6 is 0 Å². The molecule has 0 radical (unpaired) electrons. The van der Waals surface area contributed by atoms with Crippen LogP contribution < -0.4 is 5.63 Å². The molecule has 2 aromatic rings. The summed E-state index contributed by atoms with van der Waals surface area (Å²) in [7, 11) is 0. The molecule has 2 rings (SSSR count). The topological polar surface area (TPSA) is 76.7 Å². The Morgan fingerprint density at radius 3 is 2.67 bits per heavy atom. The first kappa shape index (κ1) is 15.1. The monoisotopic (exact) mass is 290 g/mol. The summed E-state index contributed by atoms with van der Waals surface area (Å²) in [6, 6.07) is 5.77. The van der Waals surface area contributed by atoms with Crippen LogP contribution in [0.2, 0.25) is 0 Å². The van der Waals surface area contributed by atoms with Gasteiger partial charge in [-0.15, -0.1) is 0 Å². The van der Waals surface area contributed by atoms with E-state index in [-0.39, 0.29) is 29.3 Å². The van der Waals surface area contributed by atoms with Crippen molar-refractivity contribution in [1.82, 2.24) is 0 Å². The molecule has 1 N–H and O–H groups in total. The predicted octanol–water partition coefficient (Wildman–Crippen LogP) is 2.98. The van der Waals surface area contributed by atoms with Crippen molar-refractivity contribution >= 4 is 16.9 Å². The second-order valence-corrected chi connectivity index (χ2v) is 6.17. The smallest absolute Gasteiger partial charge is 0.336 e. The van der Waals surface area contributed by atoms with Gasteiger partial charge in [0.05, 0.1) is 6.42 Å². The summed E-state index contributed by atoms with van der Waals surface area (Å²) < 4.78 is 10.2. The van der Waals surface area contributed by atoms with Crippen LogP contribution in [0.5, 0.6) is 5.75 Å². The highest BCUT2D eigenvalue weighted by Gasteiger charge is 2.17. The number of phenols is 1. The average molecular weight is 290 g/mol. The number of hydrogen-bond donors (Lipinski definition) is 1. The number of phenolic OH excluding ortho intramolecular Hbond substituents is 1. The van der Waals surface area contributed by atoms with Crippen molar-refractivity contribution in [1.29, 1.82) is 0 Å². The van der Waals surface area contributed by atoms with E-state index < -0.39 is 5.63 Å². The van der Waals surface area contributed by atoms with Crippen LogP contribution in [0.15, 0.2) is 33.5 Å². The Balaban J connectivity index is 2.22. The highest BCUT2D eigenvalue weighted by atomic mass is 16.5. The molecule has 0 fully saturated rings. The molecule has 0 bridgehead atoms. The number of benzene rings is 1. The van der Waals surface area contributed by atoms with Crippen molar-refractivity contribution < 1.29 is 19.1 Å².